The predicted octanol–water partition coefficient (Wildman–Crippen LogP) is 1.32. The maximum absolute atomic E-state index is 13.3. The van der Waals surface area contributed by atoms with Crippen molar-refractivity contribution in [3.05, 3.63) is 42.5 Å². The topological polar surface area (TPSA) is 87.2 Å². The van der Waals surface area contributed by atoms with Crippen LogP contribution >= 0.6 is 0 Å². The summed E-state index contributed by atoms with van der Waals surface area (Å²) >= 11 is 0. The first-order chi connectivity index (χ1) is 14.0. The number of carbonyl (C=O) groups excluding carboxylic acids is 4. The molecular weight excluding hydrogens is 374 g/mol. The van der Waals surface area contributed by atoms with E-state index in [1.165, 1.54) is 15.9 Å². The molecular formula is C21H23N3O5. The SMILES string of the molecule is C=CCN1C(=O)c2ccccc2N2C(=O)CC[C@]12C(=O)OCC(=O)N1CCCC1. The lowest BCUT2D eigenvalue weighted by Gasteiger charge is -2.48. The number of rotatable bonds is 5. The number of fused-ring (bicyclic) bond motifs is 3. The van der Waals surface area contributed by atoms with Crippen LogP contribution in [-0.2, 0) is 19.1 Å². The molecule has 0 spiro atoms. The minimum absolute atomic E-state index is 0.0755. The normalized spacial score (nSPS) is 23.1. The molecule has 3 heterocycles. The van der Waals surface area contributed by atoms with Crippen molar-refractivity contribution in [1.29, 1.82) is 0 Å². The highest BCUT2D eigenvalue weighted by Gasteiger charge is 2.61. The van der Waals surface area contributed by atoms with Crippen LogP contribution in [0, 0.1) is 0 Å². The van der Waals surface area contributed by atoms with E-state index in [9.17, 15) is 19.2 Å². The van der Waals surface area contributed by atoms with Crippen molar-refractivity contribution in [2.45, 2.75) is 31.3 Å². The second-order valence-electron chi connectivity index (χ2n) is 7.43. The van der Waals surface area contributed by atoms with Crippen molar-refractivity contribution in [3.8, 4) is 0 Å². The quantitative estimate of drug-likeness (QED) is 0.552. The molecule has 2 fully saturated rings. The molecule has 0 unspecified atom stereocenters. The first-order valence-corrected chi connectivity index (χ1v) is 9.80. The molecule has 152 valence electrons. The number of benzene rings is 1. The van der Waals surface area contributed by atoms with Crippen LogP contribution in [-0.4, -0.2) is 65.4 Å². The Balaban J connectivity index is 1.68. The lowest BCUT2D eigenvalue weighted by atomic mass is 9.96. The van der Waals surface area contributed by atoms with E-state index < -0.39 is 18.2 Å². The maximum Gasteiger partial charge on any atom is 0.354 e. The molecule has 1 aromatic rings. The molecule has 1 atom stereocenters. The average Bonchev–Trinajstić information content (AvgIpc) is 3.38. The van der Waals surface area contributed by atoms with Crippen LogP contribution in [0.2, 0.25) is 0 Å². The first kappa shape index (κ1) is 19.2. The summed E-state index contributed by atoms with van der Waals surface area (Å²) in [5.74, 6) is -1.65. The average molecular weight is 397 g/mol. The minimum atomic E-state index is -1.60. The van der Waals surface area contributed by atoms with Crippen LogP contribution in [0.1, 0.15) is 36.0 Å². The smallest absolute Gasteiger partial charge is 0.354 e. The number of nitrogens with zero attached hydrogens (tertiary/aromatic N) is 3. The summed E-state index contributed by atoms with van der Waals surface area (Å²) in [5, 5.41) is 0. The lowest BCUT2D eigenvalue weighted by molar-refractivity contribution is -0.161. The summed E-state index contributed by atoms with van der Waals surface area (Å²) in [7, 11) is 0. The molecule has 3 aliphatic rings. The number of para-hydroxylation sites is 1. The van der Waals surface area contributed by atoms with Gasteiger partial charge in [-0.3, -0.25) is 19.3 Å². The summed E-state index contributed by atoms with van der Waals surface area (Å²) in [6.07, 6.45) is 3.59. The molecule has 0 saturated carbocycles. The number of carbonyl (C=O) groups is 4. The van der Waals surface area contributed by atoms with E-state index >= 15 is 0 Å². The number of esters is 1. The molecule has 0 aliphatic carbocycles. The highest BCUT2D eigenvalue weighted by molar-refractivity contribution is 6.15. The lowest BCUT2D eigenvalue weighted by Crippen LogP contribution is -2.68. The highest BCUT2D eigenvalue weighted by atomic mass is 16.5. The second kappa shape index (κ2) is 7.35. The molecule has 8 nitrogen and oxygen atoms in total. The van der Waals surface area contributed by atoms with Gasteiger partial charge in [-0.05, 0) is 25.0 Å². The van der Waals surface area contributed by atoms with Gasteiger partial charge in [0.15, 0.2) is 6.61 Å². The molecule has 4 rings (SSSR count). The van der Waals surface area contributed by atoms with E-state index in [2.05, 4.69) is 6.58 Å². The van der Waals surface area contributed by atoms with Gasteiger partial charge in [-0.2, -0.15) is 0 Å². The molecule has 0 N–H and O–H groups in total. The van der Waals surface area contributed by atoms with Crippen LogP contribution in [0.4, 0.5) is 5.69 Å². The predicted molar refractivity (Wildman–Crippen MR) is 104 cm³/mol. The number of amides is 3. The van der Waals surface area contributed by atoms with E-state index in [-0.39, 0.29) is 37.1 Å². The van der Waals surface area contributed by atoms with Crippen LogP contribution in [0.15, 0.2) is 36.9 Å². The van der Waals surface area contributed by atoms with Crippen LogP contribution in [0.25, 0.3) is 0 Å². The molecule has 3 amide bonds. The Morgan fingerprint density at radius 2 is 1.90 bits per heavy atom. The molecule has 0 bridgehead atoms. The van der Waals surface area contributed by atoms with Gasteiger partial charge in [0, 0.05) is 32.5 Å². The fourth-order valence-corrected chi connectivity index (χ4v) is 4.43. The first-order valence-electron chi connectivity index (χ1n) is 9.80. The Morgan fingerprint density at radius 3 is 2.62 bits per heavy atom. The van der Waals surface area contributed by atoms with Gasteiger partial charge < -0.3 is 14.5 Å². The largest absolute Gasteiger partial charge is 0.452 e. The Hall–Kier alpha value is -3.16. The fourth-order valence-electron chi connectivity index (χ4n) is 4.43. The number of likely N-dealkylation sites (tertiary alicyclic amines) is 1. The van der Waals surface area contributed by atoms with Crippen molar-refractivity contribution in [3.63, 3.8) is 0 Å². The van der Waals surface area contributed by atoms with Crippen molar-refractivity contribution >= 4 is 29.4 Å². The summed E-state index contributed by atoms with van der Waals surface area (Å²) in [6, 6.07) is 6.71. The van der Waals surface area contributed by atoms with Gasteiger partial charge in [0.2, 0.25) is 11.6 Å². The third-order valence-electron chi connectivity index (χ3n) is 5.80. The monoisotopic (exact) mass is 397 g/mol. The van der Waals surface area contributed by atoms with Gasteiger partial charge >= 0.3 is 5.97 Å². The van der Waals surface area contributed by atoms with E-state index in [0.29, 0.717) is 24.3 Å². The standard InChI is InChI=1S/C21H23N3O5/c1-2-11-23-19(27)15-7-3-4-8-16(15)24-17(25)9-10-21(23,24)20(28)29-14-18(26)22-12-5-6-13-22/h2-4,7-8H,1,5-6,9-14H2/t21-/m0/s1. The number of anilines is 1. The Morgan fingerprint density at radius 1 is 1.17 bits per heavy atom. The van der Waals surface area contributed by atoms with E-state index in [0.717, 1.165) is 12.8 Å². The fraction of sp³-hybridized carbons (Fsp3) is 0.429. The zero-order chi connectivity index (χ0) is 20.6. The van der Waals surface area contributed by atoms with Crippen molar-refractivity contribution < 1.29 is 23.9 Å². The number of hydrogen-bond donors (Lipinski definition) is 0. The summed E-state index contributed by atoms with van der Waals surface area (Å²) in [6.45, 7) is 4.66. The molecule has 8 heteroatoms. The Labute approximate surface area is 168 Å². The van der Waals surface area contributed by atoms with Gasteiger partial charge in [-0.15, -0.1) is 6.58 Å². The summed E-state index contributed by atoms with van der Waals surface area (Å²) < 4.78 is 5.40. The minimum Gasteiger partial charge on any atom is -0.452 e. The van der Waals surface area contributed by atoms with Crippen LogP contribution in [0.3, 0.4) is 0 Å². The molecule has 29 heavy (non-hydrogen) atoms. The van der Waals surface area contributed by atoms with Crippen LogP contribution < -0.4 is 4.90 Å². The van der Waals surface area contributed by atoms with Crippen molar-refractivity contribution in [1.82, 2.24) is 9.80 Å². The zero-order valence-electron chi connectivity index (χ0n) is 16.1. The van der Waals surface area contributed by atoms with Crippen molar-refractivity contribution in [2.75, 3.05) is 31.1 Å². The van der Waals surface area contributed by atoms with Gasteiger partial charge in [-0.1, -0.05) is 18.2 Å². The number of ether oxygens (including phenoxy) is 1. The number of hydrogen-bond acceptors (Lipinski definition) is 5. The molecule has 0 radical (unpaired) electrons. The highest BCUT2D eigenvalue weighted by Crippen LogP contribution is 2.45. The third-order valence-corrected chi connectivity index (χ3v) is 5.80. The van der Waals surface area contributed by atoms with E-state index in [1.54, 1.807) is 29.2 Å². The summed E-state index contributed by atoms with van der Waals surface area (Å²) in [5.41, 5.74) is -0.855. The van der Waals surface area contributed by atoms with Gasteiger partial charge in [0.05, 0.1) is 11.3 Å². The van der Waals surface area contributed by atoms with E-state index in [1.807, 2.05) is 0 Å². The van der Waals surface area contributed by atoms with E-state index in [4.69, 9.17) is 4.74 Å². The molecule has 1 aromatic carbocycles. The molecule has 0 aromatic heterocycles. The molecule has 3 aliphatic heterocycles. The van der Waals surface area contributed by atoms with Gasteiger partial charge in [0.25, 0.3) is 11.8 Å². The maximum atomic E-state index is 13.3. The Kier molecular flexibility index (Phi) is 4.86. The molecule has 2 saturated heterocycles. The summed E-state index contributed by atoms with van der Waals surface area (Å²) in [4.78, 5) is 55.9. The van der Waals surface area contributed by atoms with Gasteiger partial charge in [-0.25, -0.2) is 4.79 Å². The second-order valence-corrected chi connectivity index (χ2v) is 7.43. The van der Waals surface area contributed by atoms with Crippen molar-refractivity contribution in [2.24, 2.45) is 0 Å². The zero-order valence-corrected chi connectivity index (χ0v) is 16.1. The third kappa shape index (κ3) is 2.90. The Bertz CT molecular complexity index is 892. The van der Waals surface area contributed by atoms with Gasteiger partial charge in [0.1, 0.15) is 0 Å². The van der Waals surface area contributed by atoms with Crippen LogP contribution in [0.5, 0.6) is 0 Å².